The van der Waals surface area contributed by atoms with E-state index in [1.165, 1.54) is 0 Å². The van der Waals surface area contributed by atoms with Crippen molar-refractivity contribution in [2.24, 2.45) is 4.99 Å². The van der Waals surface area contributed by atoms with Crippen LogP contribution in [0.4, 0.5) is 5.69 Å². The summed E-state index contributed by atoms with van der Waals surface area (Å²) in [5.41, 5.74) is 2.13. The summed E-state index contributed by atoms with van der Waals surface area (Å²) >= 11 is 0. The zero-order valence-corrected chi connectivity index (χ0v) is 17.2. The maximum atomic E-state index is 5.88. The second-order valence-electron chi connectivity index (χ2n) is 5.40. The summed E-state index contributed by atoms with van der Waals surface area (Å²) < 4.78 is 17.6. The monoisotopic (exact) mass is 367 g/mol. The van der Waals surface area contributed by atoms with E-state index in [1.807, 2.05) is 47.0 Å². The topological polar surface area (TPSA) is 64.1 Å². The van der Waals surface area contributed by atoms with Crippen LogP contribution in [0.3, 0.4) is 0 Å². The Morgan fingerprint density at radius 1 is 1.04 bits per heavy atom. The van der Waals surface area contributed by atoms with E-state index in [9.17, 15) is 0 Å². The smallest absolute Gasteiger partial charge is 0.388 e. The van der Waals surface area contributed by atoms with E-state index >= 15 is 0 Å². The Bertz CT molecular complexity index is 509. The molecule has 0 heterocycles. The molecule has 0 radical (unpaired) electrons. The van der Waals surface area contributed by atoms with Crippen molar-refractivity contribution in [1.29, 1.82) is 0 Å². The van der Waals surface area contributed by atoms with Gasteiger partial charge in [-0.3, -0.25) is 4.99 Å². The Morgan fingerprint density at radius 2 is 1.68 bits per heavy atom. The lowest BCUT2D eigenvalue weighted by molar-refractivity contribution is 0.0710. The highest BCUT2D eigenvalue weighted by atomic mass is 28.4. The van der Waals surface area contributed by atoms with Crippen molar-refractivity contribution in [3.05, 3.63) is 29.8 Å². The predicted octanol–water partition coefficient (Wildman–Crippen LogP) is 3.13. The van der Waals surface area contributed by atoms with Crippen LogP contribution >= 0.6 is 0 Å². The Morgan fingerprint density at radius 3 is 2.20 bits per heavy atom. The van der Waals surface area contributed by atoms with Crippen molar-refractivity contribution in [3.8, 4) is 0 Å². The lowest BCUT2D eigenvalue weighted by Crippen LogP contribution is -2.46. The molecule has 0 aliphatic carbocycles. The minimum absolute atomic E-state index is 0.605. The van der Waals surface area contributed by atoms with Gasteiger partial charge in [0.2, 0.25) is 0 Å². The molecule has 0 unspecified atom stereocenters. The van der Waals surface area contributed by atoms with Gasteiger partial charge in [-0.15, -0.1) is 0 Å². The highest BCUT2D eigenvalue weighted by Crippen LogP contribution is 2.18. The first-order valence-electron chi connectivity index (χ1n) is 9.06. The van der Waals surface area contributed by atoms with E-state index in [4.69, 9.17) is 18.3 Å². The summed E-state index contributed by atoms with van der Waals surface area (Å²) in [4.78, 5) is 4.70. The second-order valence-corrected chi connectivity index (χ2v) is 8.13. The van der Waals surface area contributed by atoms with E-state index in [-0.39, 0.29) is 0 Å². The normalized spacial score (nSPS) is 12.3. The third-order valence-corrected chi connectivity index (χ3v) is 6.82. The molecule has 6 nitrogen and oxygen atoms in total. The fraction of sp³-hybridized carbons (Fsp3) is 0.611. The average Bonchev–Trinajstić information content (AvgIpc) is 2.62. The van der Waals surface area contributed by atoms with E-state index < -0.39 is 8.80 Å². The fourth-order valence-electron chi connectivity index (χ4n) is 2.62. The number of hydrogen-bond donors (Lipinski definition) is 2. The molecule has 25 heavy (non-hydrogen) atoms. The molecule has 1 rings (SSSR count). The van der Waals surface area contributed by atoms with Crippen molar-refractivity contribution in [2.75, 3.05) is 45.8 Å². The Balaban J connectivity index is 2.71. The summed E-state index contributed by atoms with van der Waals surface area (Å²) in [5.74, 6) is 0.883. The number of nitrogens with one attached hydrogen (secondary N) is 2. The van der Waals surface area contributed by atoms with Gasteiger partial charge in [-0.25, -0.2) is 0 Å². The van der Waals surface area contributed by atoms with Gasteiger partial charge in [0.25, 0.3) is 0 Å². The van der Waals surface area contributed by atoms with Gasteiger partial charge in [-0.1, -0.05) is 12.1 Å². The number of anilines is 1. The van der Waals surface area contributed by atoms with Gasteiger partial charge in [0.15, 0.2) is 0 Å². The Hall–Kier alpha value is -1.41. The van der Waals surface area contributed by atoms with Crippen molar-refractivity contribution in [1.82, 2.24) is 5.32 Å². The minimum Gasteiger partial charge on any atom is -0.388 e. The van der Waals surface area contributed by atoms with Crippen LogP contribution in [0.2, 0.25) is 6.04 Å². The lowest BCUT2D eigenvalue weighted by Gasteiger charge is -2.28. The van der Waals surface area contributed by atoms with Crippen LogP contribution in [-0.2, 0) is 13.3 Å². The molecule has 2 N–H and O–H groups in total. The van der Waals surface area contributed by atoms with Gasteiger partial charge in [-0.05, 0) is 39.3 Å². The molecule has 0 aromatic heterocycles. The summed E-state index contributed by atoms with van der Waals surface area (Å²) in [6.07, 6.45) is 0.864. The highest BCUT2D eigenvalue weighted by Gasteiger charge is 2.39. The predicted molar refractivity (Wildman–Crippen MR) is 107 cm³/mol. The van der Waals surface area contributed by atoms with E-state index in [0.717, 1.165) is 29.6 Å². The molecule has 0 amide bonds. The Labute approximate surface area is 153 Å². The third kappa shape index (κ3) is 7.15. The highest BCUT2D eigenvalue weighted by molar-refractivity contribution is 6.60. The summed E-state index contributed by atoms with van der Waals surface area (Å²) in [6, 6.07) is 8.96. The number of amidine groups is 1. The fourth-order valence-corrected chi connectivity index (χ4v) is 5.22. The Kier molecular flexibility index (Phi) is 10.4. The van der Waals surface area contributed by atoms with Crippen LogP contribution in [0.1, 0.15) is 32.8 Å². The van der Waals surface area contributed by atoms with E-state index in [2.05, 4.69) is 22.8 Å². The van der Waals surface area contributed by atoms with Gasteiger partial charge >= 0.3 is 8.80 Å². The van der Waals surface area contributed by atoms with Crippen LogP contribution in [0.5, 0.6) is 0 Å². The number of aliphatic imine (C=N–C) groups is 1. The van der Waals surface area contributed by atoms with Crippen LogP contribution in [-0.4, -0.2) is 55.1 Å². The summed E-state index contributed by atoms with van der Waals surface area (Å²) in [5, 5.41) is 6.33. The van der Waals surface area contributed by atoms with Crippen LogP contribution in [0.25, 0.3) is 0 Å². The summed E-state index contributed by atoms with van der Waals surface area (Å²) in [7, 11) is 1.23. The van der Waals surface area contributed by atoms with Crippen molar-refractivity contribution < 1.29 is 13.3 Å². The maximum Gasteiger partial charge on any atom is 0.500 e. The number of benzene rings is 1. The molecule has 0 aliphatic heterocycles. The summed E-state index contributed by atoms with van der Waals surface area (Å²) in [6.45, 7) is 8.45. The number of nitrogens with zero attached hydrogens (tertiary/aromatic N) is 1. The molecular weight excluding hydrogens is 334 g/mol. The molecule has 1 aromatic carbocycles. The SMILES string of the molecule is CCO[Si](CCCN=C(NC)c1cccc(NC)c1)(OCC)OCC. The molecule has 1 aromatic rings. The van der Waals surface area contributed by atoms with Crippen LogP contribution in [0.15, 0.2) is 29.3 Å². The van der Waals surface area contributed by atoms with Crippen molar-refractivity contribution in [3.63, 3.8) is 0 Å². The van der Waals surface area contributed by atoms with Crippen LogP contribution in [0, 0.1) is 0 Å². The molecule has 0 saturated carbocycles. The lowest BCUT2D eigenvalue weighted by atomic mass is 10.2. The first kappa shape index (κ1) is 21.6. The number of hydrogen-bond acceptors (Lipinski definition) is 5. The quantitative estimate of drug-likeness (QED) is 0.257. The minimum atomic E-state index is -2.57. The first-order chi connectivity index (χ1) is 12.1. The molecule has 0 fully saturated rings. The molecule has 0 saturated heterocycles. The largest absolute Gasteiger partial charge is 0.500 e. The molecule has 142 valence electrons. The molecule has 0 atom stereocenters. The van der Waals surface area contributed by atoms with Crippen LogP contribution < -0.4 is 10.6 Å². The van der Waals surface area contributed by atoms with Gasteiger partial charge in [-0.2, -0.15) is 0 Å². The van der Waals surface area contributed by atoms with E-state index in [1.54, 1.807) is 0 Å². The van der Waals surface area contributed by atoms with Gasteiger partial charge in [0.1, 0.15) is 5.84 Å². The molecule has 0 spiro atoms. The van der Waals surface area contributed by atoms with Gasteiger partial charge < -0.3 is 23.9 Å². The first-order valence-corrected chi connectivity index (χ1v) is 11.0. The standard InChI is InChI=1S/C18H33N3O3Si/c1-6-22-25(23-7-2,24-8-3)14-10-13-21-18(20-5)16-11-9-12-17(15-16)19-4/h9,11-12,15,19H,6-8,10,13-14H2,1-5H3,(H,20,21). The number of rotatable bonds is 12. The van der Waals surface area contributed by atoms with Crippen molar-refractivity contribution >= 4 is 20.3 Å². The zero-order chi connectivity index (χ0) is 18.5. The van der Waals surface area contributed by atoms with Gasteiger partial charge in [0.05, 0.1) is 0 Å². The molecular formula is C18H33N3O3Si. The molecule has 0 bridgehead atoms. The second kappa shape index (κ2) is 12.0. The maximum absolute atomic E-state index is 5.88. The van der Waals surface area contributed by atoms with Gasteiger partial charge in [0, 0.05) is 57.8 Å². The molecule has 0 aliphatic rings. The average molecular weight is 368 g/mol. The van der Waals surface area contributed by atoms with E-state index in [0.29, 0.717) is 26.4 Å². The van der Waals surface area contributed by atoms with Crippen molar-refractivity contribution in [2.45, 2.75) is 33.2 Å². The molecule has 7 heteroatoms. The zero-order valence-electron chi connectivity index (χ0n) is 16.2. The third-order valence-electron chi connectivity index (χ3n) is 3.67.